The van der Waals surface area contributed by atoms with E-state index in [2.05, 4.69) is 15.3 Å². The normalized spacial score (nSPS) is 13.0. The van der Waals surface area contributed by atoms with E-state index in [9.17, 15) is 0 Å². The molecule has 106 valence electrons. The standard InChI is InChI=1S/C12H12N4O2S.BrH/c1-17-10-4-3-8(5-11(10)18-2)9-6-19-12-14-13-7-16(12)15-9;/h3-5,7H,6H2,1-2H3;1H/p-1. The SMILES string of the molecule is COc1ccc(C2=Nn3cnnc3SC2)cc1OC.[Br-]. The van der Waals surface area contributed by atoms with Crippen LogP contribution in [0.25, 0.3) is 0 Å². The van der Waals surface area contributed by atoms with Crippen molar-refractivity contribution in [2.45, 2.75) is 5.16 Å². The van der Waals surface area contributed by atoms with Crippen molar-refractivity contribution in [2.75, 3.05) is 20.0 Å². The summed E-state index contributed by atoms with van der Waals surface area (Å²) in [7, 11) is 3.24. The molecule has 2 aromatic rings. The third kappa shape index (κ3) is 2.66. The first-order chi connectivity index (χ1) is 9.31. The van der Waals surface area contributed by atoms with Gasteiger partial charge in [0.1, 0.15) is 6.33 Å². The molecular formula is C12H12BrN4O2S-. The van der Waals surface area contributed by atoms with Gasteiger partial charge in [0.05, 0.1) is 19.9 Å². The number of methoxy groups -OCH3 is 2. The van der Waals surface area contributed by atoms with Gasteiger partial charge in [0.25, 0.3) is 0 Å². The van der Waals surface area contributed by atoms with Gasteiger partial charge in [-0.25, -0.2) is 0 Å². The maximum Gasteiger partial charge on any atom is 0.212 e. The van der Waals surface area contributed by atoms with E-state index in [1.165, 1.54) is 0 Å². The van der Waals surface area contributed by atoms with Crippen LogP contribution in [0, 0.1) is 0 Å². The third-order valence-corrected chi connectivity index (χ3v) is 3.73. The Balaban J connectivity index is 0.00000147. The van der Waals surface area contributed by atoms with Crippen molar-refractivity contribution in [3.8, 4) is 11.5 Å². The molecule has 2 heterocycles. The quantitative estimate of drug-likeness (QED) is 0.681. The lowest BCUT2D eigenvalue weighted by molar-refractivity contribution is -0.00000446. The summed E-state index contributed by atoms with van der Waals surface area (Å²) in [5.41, 5.74) is 1.96. The van der Waals surface area contributed by atoms with Gasteiger partial charge in [0.15, 0.2) is 11.5 Å². The van der Waals surface area contributed by atoms with Crippen molar-refractivity contribution in [1.29, 1.82) is 0 Å². The largest absolute Gasteiger partial charge is 1.00 e. The molecule has 8 heteroatoms. The molecule has 0 spiro atoms. The Bertz CT molecular complexity index is 644. The van der Waals surface area contributed by atoms with Crippen LogP contribution in [0.4, 0.5) is 0 Å². The maximum absolute atomic E-state index is 5.30. The monoisotopic (exact) mass is 355 g/mol. The van der Waals surface area contributed by atoms with Crippen molar-refractivity contribution in [3.63, 3.8) is 0 Å². The zero-order valence-corrected chi connectivity index (χ0v) is 13.3. The van der Waals surface area contributed by atoms with Crippen LogP contribution in [0.1, 0.15) is 5.56 Å². The predicted molar refractivity (Wildman–Crippen MR) is 72.2 cm³/mol. The molecule has 0 unspecified atom stereocenters. The molecule has 0 aliphatic carbocycles. The van der Waals surface area contributed by atoms with Crippen LogP contribution < -0.4 is 26.5 Å². The van der Waals surface area contributed by atoms with E-state index in [0.717, 1.165) is 22.2 Å². The van der Waals surface area contributed by atoms with E-state index in [4.69, 9.17) is 9.47 Å². The molecule has 6 nitrogen and oxygen atoms in total. The molecule has 0 atom stereocenters. The molecule has 20 heavy (non-hydrogen) atoms. The van der Waals surface area contributed by atoms with Crippen molar-refractivity contribution in [2.24, 2.45) is 5.10 Å². The molecule has 0 radical (unpaired) electrons. The summed E-state index contributed by atoms with van der Waals surface area (Å²) in [6.45, 7) is 0. The van der Waals surface area contributed by atoms with E-state index in [0.29, 0.717) is 11.5 Å². The van der Waals surface area contributed by atoms with E-state index in [1.54, 1.807) is 37.0 Å². The minimum Gasteiger partial charge on any atom is -1.00 e. The fourth-order valence-electron chi connectivity index (χ4n) is 1.83. The first-order valence-electron chi connectivity index (χ1n) is 5.65. The average molecular weight is 356 g/mol. The van der Waals surface area contributed by atoms with Crippen LogP contribution >= 0.6 is 11.8 Å². The number of rotatable bonds is 3. The number of thioether (sulfide) groups is 1. The van der Waals surface area contributed by atoms with Gasteiger partial charge in [-0.15, -0.1) is 10.2 Å². The number of aromatic nitrogens is 3. The van der Waals surface area contributed by atoms with Crippen molar-refractivity contribution < 1.29 is 26.5 Å². The lowest BCUT2D eigenvalue weighted by Crippen LogP contribution is -3.00. The molecule has 0 N–H and O–H groups in total. The first-order valence-corrected chi connectivity index (χ1v) is 6.63. The van der Waals surface area contributed by atoms with Crippen molar-refractivity contribution in [1.82, 2.24) is 14.9 Å². The number of hydrogen-bond acceptors (Lipinski definition) is 6. The van der Waals surface area contributed by atoms with Crippen molar-refractivity contribution >= 4 is 17.5 Å². The fraction of sp³-hybridized carbons (Fsp3) is 0.250. The molecule has 0 saturated carbocycles. The second kappa shape index (κ2) is 6.27. The smallest absolute Gasteiger partial charge is 0.212 e. The number of nitrogens with zero attached hydrogens (tertiary/aromatic N) is 4. The topological polar surface area (TPSA) is 61.5 Å². The molecule has 0 amide bonds. The van der Waals surface area contributed by atoms with Gasteiger partial charge in [-0.2, -0.15) is 9.78 Å². The van der Waals surface area contributed by atoms with Crippen molar-refractivity contribution in [3.05, 3.63) is 30.1 Å². The number of hydrogen-bond donors (Lipinski definition) is 0. The number of fused-ring (bicyclic) bond motifs is 1. The second-order valence-corrected chi connectivity index (χ2v) is 4.81. The Labute approximate surface area is 130 Å². The predicted octanol–water partition coefficient (Wildman–Crippen LogP) is -1.34. The van der Waals surface area contributed by atoms with Gasteiger partial charge in [-0.05, 0) is 18.2 Å². The van der Waals surface area contributed by atoms with Gasteiger partial charge in [-0.1, -0.05) is 11.8 Å². The minimum absolute atomic E-state index is 0. The highest BCUT2D eigenvalue weighted by Gasteiger charge is 2.16. The lowest BCUT2D eigenvalue weighted by atomic mass is 10.1. The summed E-state index contributed by atoms with van der Waals surface area (Å²) in [6, 6.07) is 5.77. The Hall–Kier alpha value is -1.54. The molecule has 1 aliphatic rings. The fourth-order valence-corrected chi connectivity index (χ4v) is 2.65. The molecule has 0 fully saturated rings. The summed E-state index contributed by atoms with van der Waals surface area (Å²) in [5.74, 6) is 2.16. The highest BCUT2D eigenvalue weighted by atomic mass is 79.9. The second-order valence-electron chi connectivity index (χ2n) is 3.86. The van der Waals surface area contributed by atoms with Crippen LogP contribution in [0.15, 0.2) is 34.8 Å². The van der Waals surface area contributed by atoms with Gasteiger partial charge in [-0.3, -0.25) is 0 Å². The number of halogens is 1. The molecule has 0 bridgehead atoms. The van der Waals surface area contributed by atoms with Gasteiger partial charge >= 0.3 is 0 Å². The van der Waals surface area contributed by atoms with Crippen LogP contribution in [-0.2, 0) is 0 Å². The zero-order chi connectivity index (χ0) is 13.2. The van der Waals surface area contributed by atoms with E-state index < -0.39 is 0 Å². The molecule has 0 saturated heterocycles. The lowest BCUT2D eigenvalue weighted by Gasteiger charge is -2.14. The maximum atomic E-state index is 5.30. The Morgan fingerprint density at radius 1 is 1.20 bits per heavy atom. The Kier molecular flexibility index (Phi) is 4.66. The van der Waals surface area contributed by atoms with E-state index in [-0.39, 0.29) is 17.0 Å². The minimum atomic E-state index is 0. The van der Waals surface area contributed by atoms with Gasteiger partial charge in [0, 0.05) is 11.3 Å². The van der Waals surface area contributed by atoms with E-state index >= 15 is 0 Å². The van der Waals surface area contributed by atoms with Crippen LogP contribution in [0.3, 0.4) is 0 Å². The van der Waals surface area contributed by atoms with Crippen LogP contribution in [0.5, 0.6) is 11.5 Å². The van der Waals surface area contributed by atoms with Crippen LogP contribution in [-0.4, -0.2) is 40.6 Å². The average Bonchev–Trinajstić information content (AvgIpc) is 2.93. The summed E-state index contributed by atoms with van der Waals surface area (Å²) in [5, 5.41) is 13.1. The zero-order valence-electron chi connectivity index (χ0n) is 10.9. The summed E-state index contributed by atoms with van der Waals surface area (Å²) >= 11 is 1.61. The highest BCUT2D eigenvalue weighted by Crippen LogP contribution is 2.29. The molecular weight excluding hydrogens is 344 g/mol. The van der Waals surface area contributed by atoms with E-state index in [1.807, 2.05) is 18.2 Å². The Morgan fingerprint density at radius 3 is 2.75 bits per heavy atom. The Morgan fingerprint density at radius 2 is 2.00 bits per heavy atom. The first kappa shape index (κ1) is 14.9. The summed E-state index contributed by atoms with van der Waals surface area (Å²) in [4.78, 5) is 0. The summed E-state index contributed by atoms with van der Waals surface area (Å²) in [6.07, 6.45) is 1.60. The number of ether oxygens (including phenoxy) is 2. The summed E-state index contributed by atoms with van der Waals surface area (Å²) < 4.78 is 12.2. The molecule has 3 rings (SSSR count). The third-order valence-electron chi connectivity index (χ3n) is 2.78. The molecule has 1 aromatic carbocycles. The number of benzene rings is 1. The van der Waals surface area contributed by atoms with Crippen LogP contribution in [0.2, 0.25) is 0 Å². The molecule has 1 aromatic heterocycles. The van der Waals surface area contributed by atoms with Gasteiger partial charge in [0.2, 0.25) is 5.16 Å². The highest BCUT2D eigenvalue weighted by molar-refractivity contribution is 7.99. The molecule has 1 aliphatic heterocycles. The van der Waals surface area contributed by atoms with Gasteiger partial charge < -0.3 is 26.5 Å².